The Labute approximate surface area is 131 Å². The molecule has 22 heavy (non-hydrogen) atoms. The molecule has 2 rings (SSSR count). The Morgan fingerprint density at radius 2 is 1.77 bits per heavy atom. The van der Waals surface area contributed by atoms with E-state index >= 15 is 0 Å². The van der Waals surface area contributed by atoms with Crippen molar-refractivity contribution in [3.05, 3.63) is 53.6 Å². The van der Waals surface area contributed by atoms with Gasteiger partial charge in [0.1, 0.15) is 5.75 Å². The minimum atomic E-state index is -0.0866. The first-order valence-electron chi connectivity index (χ1n) is 7.54. The summed E-state index contributed by atoms with van der Waals surface area (Å²) in [6.45, 7) is 3.87. The molecule has 4 nitrogen and oxygen atoms in total. The second kappa shape index (κ2) is 7.71. The number of hydrogen-bond acceptors (Lipinski definition) is 4. The number of hydrogen-bond donors (Lipinski definition) is 4. The lowest BCUT2D eigenvalue weighted by molar-refractivity contribution is 0.403. The third-order valence-corrected chi connectivity index (χ3v) is 3.62. The van der Waals surface area contributed by atoms with Crippen molar-refractivity contribution in [1.82, 2.24) is 5.32 Å². The molecule has 1 atom stereocenters. The van der Waals surface area contributed by atoms with Crippen LogP contribution in [0.3, 0.4) is 0 Å². The average Bonchev–Trinajstić information content (AvgIpc) is 2.47. The zero-order valence-corrected chi connectivity index (χ0v) is 12.8. The molecule has 0 aliphatic carbocycles. The van der Waals surface area contributed by atoms with Crippen molar-refractivity contribution >= 4 is 0 Å². The molecule has 0 heterocycles. The van der Waals surface area contributed by atoms with Gasteiger partial charge >= 0.3 is 0 Å². The lowest BCUT2D eigenvalue weighted by Gasteiger charge is -2.13. The Hall–Kier alpha value is -2.20. The Balaban J connectivity index is 1.70. The van der Waals surface area contributed by atoms with Crippen molar-refractivity contribution in [3.63, 3.8) is 0 Å². The Kier molecular flexibility index (Phi) is 5.67. The fourth-order valence-corrected chi connectivity index (χ4v) is 2.46. The summed E-state index contributed by atoms with van der Waals surface area (Å²) in [6.07, 6.45) is 1.72. The summed E-state index contributed by atoms with van der Waals surface area (Å²) in [5.74, 6) is 0.617. The van der Waals surface area contributed by atoms with E-state index in [0.29, 0.717) is 11.7 Å². The van der Waals surface area contributed by atoms with Crippen LogP contribution in [0.25, 0.3) is 0 Å². The van der Waals surface area contributed by atoms with Crippen LogP contribution in [-0.4, -0.2) is 28.4 Å². The summed E-state index contributed by atoms with van der Waals surface area (Å²) in [5, 5.41) is 31.6. The van der Waals surface area contributed by atoms with Crippen molar-refractivity contribution in [3.8, 4) is 17.2 Å². The van der Waals surface area contributed by atoms with Gasteiger partial charge in [-0.15, -0.1) is 0 Å². The minimum absolute atomic E-state index is 0.0743. The Morgan fingerprint density at radius 3 is 2.50 bits per heavy atom. The highest BCUT2D eigenvalue weighted by molar-refractivity contribution is 5.40. The highest BCUT2D eigenvalue weighted by Gasteiger charge is 2.05. The SMILES string of the molecule is C[C@H](CNCCc1ccc(O)c(O)c1)Cc1cccc(O)c1. The lowest BCUT2D eigenvalue weighted by Crippen LogP contribution is -2.24. The molecule has 118 valence electrons. The second-order valence-corrected chi connectivity index (χ2v) is 5.76. The number of phenols is 3. The number of rotatable bonds is 7. The van der Waals surface area contributed by atoms with E-state index < -0.39 is 0 Å². The van der Waals surface area contributed by atoms with E-state index in [2.05, 4.69) is 12.2 Å². The summed E-state index contributed by atoms with van der Waals surface area (Å²) in [5.41, 5.74) is 2.13. The van der Waals surface area contributed by atoms with Crippen molar-refractivity contribution in [2.24, 2.45) is 5.92 Å². The van der Waals surface area contributed by atoms with E-state index in [4.69, 9.17) is 0 Å². The van der Waals surface area contributed by atoms with Gasteiger partial charge in [-0.05, 0) is 67.2 Å². The van der Waals surface area contributed by atoms with E-state index in [0.717, 1.165) is 37.1 Å². The molecule has 0 fully saturated rings. The van der Waals surface area contributed by atoms with Crippen molar-refractivity contribution in [2.75, 3.05) is 13.1 Å². The first-order chi connectivity index (χ1) is 10.5. The van der Waals surface area contributed by atoms with Crippen LogP contribution in [-0.2, 0) is 12.8 Å². The van der Waals surface area contributed by atoms with E-state index in [9.17, 15) is 15.3 Å². The Morgan fingerprint density at radius 1 is 0.955 bits per heavy atom. The number of benzene rings is 2. The molecule has 0 saturated heterocycles. The molecule has 0 bridgehead atoms. The van der Waals surface area contributed by atoms with Crippen molar-refractivity contribution in [2.45, 2.75) is 19.8 Å². The molecule has 4 heteroatoms. The smallest absolute Gasteiger partial charge is 0.157 e. The predicted molar refractivity (Wildman–Crippen MR) is 87.3 cm³/mol. The van der Waals surface area contributed by atoms with Crippen LogP contribution >= 0.6 is 0 Å². The summed E-state index contributed by atoms with van der Waals surface area (Å²) in [4.78, 5) is 0. The van der Waals surface area contributed by atoms with Gasteiger partial charge in [-0.1, -0.05) is 25.1 Å². The molecule has 0 aromatic heterocycles. The monoisotopic (exact) mass is 301 g/mol. The second-order valence-electron chi connectivity index (χ2n) is 5.76. The molecular weight excluding hydrogens is 278 g/mol. The maximum Gasteiger partial charge on any atom is 0.157 e. The van der Waals surface area contributed by atoms with Crippen LogP contribution in [0.2, 0.25) is 0 Å². The van der Waals surface area contributed by atoms with E-state index in [-0.39, 0.29) is 11.5 Å². The van der Waals surface area contributed by atoms with Crippen LogP contribution in [0, 0.1) is 5.92 Å². The van der Waals surface area contributed by atoms with E-state index in [1.165, 1.54) is 6.07 Å². The van der Waals surface area contributed by atoms with Crippen LogP contribution < -0.4 is 5.32 Å². The summed E-state index contributed by atoms with van der Waals surface area (Å²) >= 11 is 0. The quantitative estimate of drug-likeness (QED) is 0.469. The molecule has 0 aliphatic heterocycles. The first kappa shape index (κ1) is 16.2. The molecule has 0 aliphatic rings. The number of aromatic hydroxyl groups is 3. The fraction of sp³-hybridized carbons (Fsp3) is 0.333. The molecule has 0 unspecified atom stereocenters. The van der Waals surface area contributed by atoms with Gasteiger partial charge in [0, 0.05) is 0 Å². The highest BCUT2D eigenvalue weighted by atomic mass is 16.3. The van der Waals surface area contributed by atoms with Crippen LogP contribution in [0.4, 0.5) is 0 Å². The normalized spacial score (nSPS) is 12.2. The molecule has 4 N–H and O–H groups in total. The average molecular weight is 301 g/mol. The largest absolute Gasteiger partial charge is 0.508 e. The van der Waals surface area contributed by atoms with Gasteiger partial charge < -0.3 is 20.6 Å². The molecule has 2 aromatic rings. The molecule has 0 amide bonds. The van der Waals surface area contributed by atoms with E-state index in [1.807, 2.05) is 18.2 Å². The van der Waals surface area contributed by atoms with Gasteiger partial charge in [0.2, 0.25) is 0 Å². The van der Waals surface area contributed by atoms with Gasteiger partial charge in [-0.2, -0.15) is 0 Å². The maximum atomic E-state index is 9.45. The standard InChI is InChI=1S/C18H23NO3/c1-13(9-15-3-2-4-16(20)10-15)12-19-8-7-14-5-6-17(21)18(22)11-14/h2-6,10-11,13,19-22H,7-9,12H2,1H3/t13-/m0/s1. The maximum absolute atomic E-state index is 9.45. The van der Waals surface area contributed by atoms with E-state index in [1.54, 1.807) is 18.2 Å². The Bertz CT molecular complexity index is 613. The predicted octanol–water partition coefficient (Wildman–Crippen LogP) is 2.81. The number of nitrogens with one attached hydrogen (secondary N) is 1. The highest BCUT2D eigenvalue weighted by Crippen LogP contribution is 2.24. The summed E-state index contributed by atoms with van der Waals surface area (Å²) in [6, 6.07) is 12.3. The fourth-order valence-electron chi connectivity index (χ4n) is 2.46. The molecule has 0 radical (unpaired) electrons. The van der Waals surface area contributed by atoms with Gasteiger partial charge in [-0.25, -0.2) is 0 Å². The third kappa shape index (κ3) is 4.97. The lowest BCUT2D eigenvalue weighted by atomic mass is 10.0. The van der Waals surface area contributed by atoms with Gasteiger partial charge in [-0.3, -0.25) is 0 Å². The first-order valence-corrected chi connectivity index (χ1v) is 7.54. The van der Waals surface area contributed by atoms with Gasteiger partial charge in [0.05, 0.1) is 0 Å². The molecule has 0 spiro atoms. The zero-order chi connectivity index (χ0) is 15.9. The van der Waals surface area contributed by atoms with Crippen LogP contribution in [0.5, 0.6) is 17.2 Å². The zero-order valence-electron chi connectivity index (χ0n) is 12.8. The third-order valence-electron chi connectivity index (χ3n) is 3.62. The van der Waals surface area contributed by atoms with Crippen LogP contribution in [0.1, 0.15) is 18.1 Å². The molecule has 0 saturated carbocycles. The molecule has 2 aromatic carbocycles. The number of phenolic OH excluding ortho intramolecular Hbond substituents is 3. The summed E-state index contributed by atoms with van der Waals surface area (Å²) < 4.78 is 0. The van der Waals surface area contributed by atoms with Gasteiger partial charge in [0.25, 0.3) is 0 Å². The van der Waals surface area contributed by atoms with Crippen molar-refractivity contribution in [1.29, 1.82) is 0 Å². The minimum Gasteiger partial charge on any atom is -0.508 e. The molecular formula is C18H23NO3. The summed E-state index contributed by atoms with van der Waals surface area (Å²) in [7, 11) is 0. The topological polar surface area (TPSA) is 72.7 Å². The van der Waals surface area contributed by atoms with Crippen molar-refractivity contribution < 1.29 is 15.3 Å². The van der Waals surface area contributed by atoms with Crippen LogP contribution in [0.15, 0.2) is 42.5 Å². The van der Waals surface area contributed by atoms with Gasteiger partial charge in [0.15, 0.2) is 11.5 Å².